The summed E-state index contributed by atoms with van der Waals surface area (Å²) in [6, 6.07) is 21.0. The van der Waals surface area contributed by atoms with Gasteiger partial charge in [-0.05, 0) is 41.2 Å². The van der Waals surface area contributed by atoms with Gasteiger partial charge in [0.1, 0.15) is 29.1 Å². The summed E-state index contributed by atoms with van der Waals surface area (Å²) in [7, 11) is 0. The molecule has 0 fully saturated rings. The molecule has 6 heteroatoms. The molecule has 0 bridgehead atoms. The number of aromatic nitrogens is 3. The zero-order valence-electron chi connectivity index (χ0n) is 18.6. The molecular weight excluding hydrogens is 402 g/mol. The van der Waals surface area contributed by atoms with Crippen molar-refractivity contribution in [2.75, 3.05) is 0 Å². The molecule has 0 saturated carbocycles. The van der Waals surface area contributed by atoms with Crippen molar-refractivity contribution in [2.45, 2.75) is 45.6 Å². The highest BCUT2D eigenvalue weighted by molar-refractivity contribution is 5.74. The van der Waals surface area contributed by atoms with E-state index in [1.807, 2.05) is 87.5 Å². The number of hydrogen-bond donors (Lipinski definition) is 1. The minimum absolute atomic E-state index is 0.146. The van der Waals surface area contributed by atoms with Crippen LogP contribution in [0.3, 0.4) is 0 Å². The van der Waals surface area contributed by atoms with E-state index in [2.05, 4.69) is 10.2 Å². The van der Waals surface area contributed by atoms with Gasteiger partial charge in [0.2, 0.25) is 0 Å². The minimum Gasteiger partial charge on any atom is -0.505 e. The first-order valence-electron chi connectivity index (χ1n) is 10.7. The normalized spacial score (nSPS) is 11.6. The van der Waals surface area contributed by atoms with Gasteiger partial charge in [0.05, 0.1) is 0 Å². The molecule has 0 aliphatic carbocycles. The minimum atomic E-state index is -0.296. The molecule has 0 aliphatic heterocycles. The van der Waals surface area contributed by atoms with E-state index >= 15 is 0 Å². The summed E-state index contributed by atoms with van der Waals surface area (Å²) in [5.41, 5.74) is 4.36. The summed E-state index contributed by atoms with van der Waals surface area (Å²) >= 11 is 0. The summed E-state index contributed by atoms with van der Waals surface area (Å²) in [4.78, 5) is 13.8. The second-order valence-electron chi connectivity index (χ2n) is 8.89. The molecule has 0 saturated heterocycles. The first kappa shape index (κ1) is 21.6. The smallest absolute Gasteiger partial charge is 0.306 e. The molecular formula is C26H27N3O3. The van der Waals surface area contributed by atoms with Crippen molar-refractivity contribution in [2.24, 2.45) is 0 Å². The second-order valence-corrected chi connectivity index (χ2v) is 8.89. The topological polar surface area (TPSA) is 77.2 Å². The van der Waals surface area contributed by atoms with E-state index in [1.165, 1.54) is 4.80 Å². The molecule has 0 atom stereocenters. The number of nitrogens with zero attached hydrogens (tertiary/aromatic N) is 3. The van der Waals surface area contributed by atoms with Crippen LogP contribution in [0.15, 0.2) is 66.7 Å². The van der Waals surface area contributed by atoms with Crippen molar-refractivity contribution in [3.8, 4) is 11.4 Å². The maximum atomic E-state index is 12.3. The monoisotopic (exact) mass is 429 g/mol. The number of rotatable bonds is 6. The molecule has 4 aromatic rings. The number of ether oxygens (including phenoxy) is 1. The third-order valence-electron chi connectivity index (χ3n) is 5.32. The average molecular weight is 430 g/mol. The number of phenols is 1. The number of aryl methyl sites for hydroxylation is 1. The predicted octanol–water partition coefficient (Wildman–Crippen LogP) is 5.10. The molecule has 1 heterocycles. The van der Waals surface area contributed by atoms with Crippen molar-refractivity contribution >= 4 is 17.0 Å². The van der Waals surface area contributed by atoms with Gasteiger partial charge >= 0.3 is 5.97 Å². The van der Waals surface area contributed by atoms with Crippen molar-refractivity contribution in [1.29, 1.82) is 0 Å². The SMILES string of the molecule is CC(C)(C)c1cc(CCC(=O)OCc2ccccc2)cc(-n2nc3ccccc3n2)c1O. The standard InChI is InChI=1S/C26H27N3O3/c1-26(2,3)20-15-19(13-14-24(30)32-17-18-9-5-4-6-10-18)16-23(25(20)31)29-27-21-11-7-8-12-22(21)28-29/h4-12,15-16,31H,13-14,17H2,1-3H3. The summed E-state index contributed by atoms with van der Waals surface area (Å²) in [5, 5.41) is 20.1. The van der Waals surface area contributed by atoms with E-state index in [9.17, 15) is 9.90 Å². The highest BCUT2D eigenvalue weighted by atomic mass is 16.5. The quantitative estimate of drug-likeness (QED) is 0.432. The lowest BCUT2D eigenvalue weighted by Crippen LogP contribution is -2.14. The molecule has 164 valence electrons. The first-order valence-corrected chi connectivity index (χ1v) is 10.7. The van der Waals surface area contributed by atoms with Crippen molar-refractivity contribution in [3.05, 3.63) is 83.4 Å². The van der Waals surface area contributed by atoms with Gasteiger partial charge in [-0.2, -0.15) is 0 Å². The zero-order valence-corrected chi connectivity index (χ0v) is 18.6. The zero-order chi connectivity index (χ0) is 22.7. The van der Waals surface area contributed by atoms with E-state index in [0.29, 0.717) is 12.1 Å². The van der Waals surface area contributed by atoms with Crippen LogP contribution in [0.5, 0.6) is 5.75 Å². The Bertz CT molecular complexity index is 1210. The third kappa shape index (κ3) is 4.80. The molecule has 1 aromatic heterocycles. The maximum Gasteiger partial charge on any atom is 0.306 e. The Morgan fingerprint density at radius 2 is 1.56 bits per heavy atom. The van der Waals surface area contributed by atoms with E-state index in [0.717, 1.165) is 27.7 Å². The van der Waals surface area contributed by atoms with Crippen molar-refractivity contribution in [3.63, 3.8) is 0 Å². The lowest BCUT2D eigenvalue weighted by Gasteiger charge is -2.23. The number of hydrogen-bond acceptors (Lipinski definition) is 5. The fourth-order valence-corrected chi connectivity index (χ4v) is 3.57. The van der Waals surface area contributed by atoms with E-state index in [-0.39, 0.29) is 30.2 Å². The van der Waals surface area contributed by atoms with Gasteiger partial charge in [-0.1, -0.05) is 69.3 Å². The number of esters is 1. The molecule has 4 rings (SSSR count). The highest BCUT2D eigenvalue weighted by Crippen LogP contribution is 2.36. The number of phenolic OH excluding ortho intramolecular Hbond substituents is 1. The Morgan fingerprint density at radius 3 is 2.19 bits per heavy atom. The van der Waals surface area contributed by atoms with Crippen LogP contribution in [0.4, 0.5) is 0 Å². The summed E-state index contributed by atoms with van der Waals surface area (Å²) in [6.45, 7) is 6.38. The Labute approximate surface area is 187 Å². The summed E-state index contributed by atoms with van der Waals surface area (Å²) in [5.74, 6) is -0.114. The first-order chi connectivity index (χ1) is 15.3. The number of benzene rings is 3. The highest BCUT2D eigenvalue weighted by Gasteiger charge is 2.23. The largest absolute Gasteiger partial charge is 0.505 e. The Morgan fingerprint density at radius 1 is 0.938 bits per heavy atom. The van der Waals surface area contributed by atoms with Gasteiger partial charge in [0.15, 0.2) is 0 Å². The van der Waals surface area contributed by atoms with Gasteiger partial charge in [0, 0.05) is 12.0 Å². The molecule has 0 radical (unpaired) electrons. The number of aromatic hydroxyl groups is 1. The summed E-state index contributed by atoms with van der Waals surface area (Å²) < 4.78 is 5.41. The Balaban J connectivity index is 1.57. The van der Waals surface area contributed by atoms with Crippen LogP contribution in [0, 0.1) is 0 Å². The van der Waals surface area contributed by atoms with Gasteiger partial charge in [-0.3, -0.25) is 4.79 Å². The lowest BCUT2D eigenvalue weighted by atomic mass is 9.84. The van der Waals surface area contributed by atoms with E-state index in [1.54, 1.807) is 0 Å². The molecule has 1 N–H and O–H groups in total. The van der Waals surface area contributed by atoms with Crippen LogP contribution in [0.25, 0.3) is 16.7 Å². The van der Waals surface area contributed by atoms with Crippen molar-refractivity contribution < 1.29 is 14.6 Å². The predicted molar refractivity (Wildman–Crippen MR) is 124 cm³/mol. The van der Waals surface area contributed by atoms with Crippen LogP contribution in [-0.4, -0.2) is 26.1 Å². The molecule has 0 aliphatic rings. The average Bonchev–Trinajstić information content (AvgIpc) is 3.21. The molecule has 32 heavy (non-hydrogen) atoms. The van der Waals surface area contributed by atoms with Crippen LogP contribution in [-0.2, 0) is 28.0 Å². The van der Waals surface area contributed by atoms with Crippen molar-refractivity contribution in [1.82, 2.24) is 15.0 Å². The lowest BCUT2D eigenvalue weighted by molar-refractivity contribution is -0.144. The van der Waals surface area contributed by atoms with Crippen LogP contribution in [0.2, 0.25) is 0 Å². The Hall–Kier alpha value is -3.67. The molecule has 3 aromatic carbocycles. The maximum absolute atomic E-state index is 12.3. The third-order valence-corrected chi connectivity index (χ3v) is 5.32. The van der Waals surface area contributed by atoms with Crippen LogP contribution in [0.1, 0.15) is 43.9 Å². The van der Waals surface area contributed by atoms with E-state index < -0.39 is 0 Å². The fourth-order valence-electron chi connectivity index (χ4n) is 3.57. The fraction of sp³-hybridized carbons (Fsp3) is 0.269. The molecule has 6 nitrogen and oxygen atoms in total. The molecule has 0 amide bonds. The Kier molecular flexibility index (Phi) is 5.95. The summed E-state index contributed by atoms with van der Waals surface area (Å²) in [6.07, 6.45) is 0.736. The second kappa shape index (κ2) is 8.83. The van der Waals surface area contributed by atoms with Gasteiger partial charge in [-0.15, -0.1) is 15.0 Å². The number of carbonyl (C=O) groups is 1. The number of carbonyl (C=O) groups excluding carboxylic acids is 1. The molecule has 0 spiro atoms. The van der Waals surface area contributed by atoms with E-state index in [4.69, 9.17) is 4.74 Å². The molecule has 0 unspecified atom stereocenters. The number of fused-ring (bicyclic) bond motifs is 1. The van der Waals surface area contributed by atoms with Gasteiger partial charge in [-0.25, -0.2) is 0 Å². The van der Waals surface area contributed by atoms with Crippen LogP contribution < -0.4 is 0 Å². The van der Waals surface area contributed by atoms with Gasteiger partial charge < -0.3 is 9.84 Å². The van der Waals surface area contributed by atoms with Crippen LogP contribution >= 0.6 is 0 Å². The van der Waals surface area contributed by atoms with Gasteiger partial charge in [0.25, 0.3) is 0 Å².